The molecule has 110 valence electrons. The van der Waals surface area contributed by atoms with Crippen LogP contribution >= 0.6 is 11.6 Å². The molecule has 0 unspecified atom stereocenters. The Morgan fingerprint density at radius 2 is 1.81 bits per heavy atom. The number of methoxy groups -OCH3 is 1. The van der Waals surface area contributed by atoms with Gasteiger partial charge in [-0.15, -0.1) is 0 Å². The number of carbonyl (C=O) groups excluding carboxylic acids is 1. The van der Waals surface area contributed by atoms with Gasteiger partial charge in [0.1, 0.15) is 10.8 Å². The second kappa shape index (κ2) is 5.73. The van der Waals surface area contributed by atoms with Gasteiger partial charge in [-0.25, -0.2) is 9.78 Å². The lowest BCUT2D eigenvalue weighted by atomic mass is 10.0. The lowest BCUT2D eigenvalue weighted by molar-refractivity contribution is -0.137. The quantitative estimate of drug-likeness (QED) is 0.615. The van der Waals surface area contributed by atoms with Crippen molar-refractivity contribution in [2.24, 2.45) is 0 Å². The summed E-state index contributed by atoms with van der Waals surface area (Å²) in [5.41, 5.74) is -0.897. The molecule has 1 aromatic carbocycles. The molecule has 0 bridgehead atoms. The highest BCUT2D eigenvalue weighted by Crippen LogP contribution is 2.38. The summed E-state index contributed by atoms with van der Waals surface area (Å²) in [6.45, 7) is 0. The van der Waals surface area contributed by atoms with E-state index in [9.17, 15) is 18.0 Å². The molecule has 0 aliphatic heterocycles. The normalized spacial score (nSPS) is 11.3. The molecule has 2 aromatic rings. The average Bonchev–Trinajstić information content (AvgIpc) is 2.45. The third-order valence-electron chi connectivity index (χ3n) is 2.77. The van der Waals surface area contributed by atoms with Crippen LogP contribution in [0.15, 0.2) is 36.4 Å². The molecular formula is C14H9ClF3NO2. The van der Waals surface area contributed by atoms with E-state index in [1.54, 1.807) is 0 Å². The Morgan fingerprint density at radius 1 is 1.14 bits per heavy atom. The van der Waals surface area contributed by atoms with Gasteiger partial charge < -0.3 is 4.74 Å². The minimum absolute atomic E-state index is 0.0734. The molecule has 0 radical (unpaired) electrons. The van der Waals surface area contributed by atoms with Crippen molar-refractivity contribution in [3.8, 4) is 11.1 Å². The molecule has 0 atom stereocenters. The van der Waals surface area contributed by atoms with Gasteiger partial charge in [0.2, 0.25) is 0 Å². The van der Waals surface area contributed by atoms with Crippen LogP contribution in [0.5, 0.6) is 0 Å². The van der Waals surface area contributed by atoms with E-state index >= 15 is 0 Å². The number of rotatable bonds is 2. The summed E-state index contributed by atoms with van der Waals surface area (Å²) in [6, 6.07) is 7.58. The van der Waals surface area contributed by atoms with Crippen molar-refractivity contribution in [3.63, 3.8) is 0 Å². The van der Waals surface area contributed by atoms with Crippen molar-refractivity contribution in [2.45, 2.75) is 6.18 Å². The van der Waals surface area contributed by atoms with Gasteiger partial charge in [0.25, 0.3) is 0 Å². The van der Waals surface area contributed by atoms with E-state index in [0.29, 0.717) is 0 Å². The molecule has 1 heterocycles. The molecule has 3 nitrogen and oxygen atoms in total. The van der Waals surface area contributed by atoms with Crippen LogP contribution in [0.3, 0.4) is 0 Å². The van der Waals surface area contributed by atoms with Crippen LogP contribution in [0, 0.1) is 0 Å². The summed E-state index contributed by atoms with van der Waals surface area (Å²) in [7, 11) is 1.17. The Bertz CT molecular complexity index is 686. The Labute approximate surface area is 123 Å². The highest BCUT2D eigenvalue weighted by atomic mass is 35.5. The summed E-state index contributed by atoms with van der Waals surface area (Å²) in [5, 5.41) is -0.199. The highest BCUT2D eigenvalue weighted by molar-refractivity contribution is 6.32. The number of ether oxygens (including phenoxy) is 1. The van der Waals surface area contributed by atoms with Crippen LogP contribution in [0.2, 0.25) is 5.15 Å². The zero-order valence-electron chi connectivity index (χ0n) is 10.7. The van der Waals surface area contributed by atoms with Gasteiger partial charge >= 0.3 is 12.1 Å². The molecule has 0 saturated carbocycles. The molecule has 0 fully saturated rings. The van der Waals surface area contributed by atoms with Crippen LogP contribution in [0.25, 0.3) is 11.1 Å². The summed E-state index contributed by atoms with van der Waals surface area (Å²) < 4.78 is 43.4. The number of alkyl halides is 3. The zero-order chi connectivity index (χ0) is 15.6. The molecule has 21 heavy (non-hydrogen) atoms. The number of esters is 1. The molecule has 0 N–H and O–H groups in total. The van der Waals surface area contributed by atoms with Gasteiger partial charge in [0.05, 0.1) is 12.7 Å². The minimum Gasteiger partial charge on any atom is -0.464 e. The molecule has 0 saturated heterocycles. The maximum atomic E-state index is 13.0. The van der Waals surface area contributed by atoms with Gasteiger partial charge in [0, 0.05) is 5.56 Å². The minimum atomic E-state index is -4.51. The van der Waals surface area contributed by atoms with Crippen LogP contribution in [0.4, 0.5) is 13.2 Å². The number of carbonyl (C=O) groups is 1. The topological polar surface area (TPSA) is 39.2 Å². The molecule has 0 aliphatic rings. The first kappa shape index (κ1) is 15.3. The lowest BCUT2D eigenvalue weighted by Gasteiger charge is -2.13. The first-order valence-corrected chi connectivity index (χ1v) is 6.14. The van der Waals surface area contributed by atoms with Crippen LogP contribution in [-0.2, 0) is 10.9 Å². The average molecular weight is 316 g/mol. The number of hydrogen-bond donors (Lipinski definition) is 0. The van der Waals surface area contributed by atoms with E-state index in [4.69, 9.17) is 11.6 Å². The summed E-state index contributed by atoms with van der Waals surface area (Å²) in [5.74, 6) is -0.715. The van der Waals surface area contributed by atoms with Crippen molar-refractivity contribution >= 4 is 17.6 Å². The highest BCUT2D eigenvalue weighted by Gasteiger charge is 2.33. The van der Waals surface area contributed by atoms with Crippen LogP contribution in [0.1, 0.15) is 16.1 Å². The number of pyridine rings is 1. The Hall–Kier alpha value is -2.08. The Balaban J connectivity index is 2.56. The fourth-order valence-corrected chi connectivity index (χ4v) is 2.07. The predicted molar refractivity (Wildman–Crippen MR) is 71.0 cm³/mol. The van der Waals surface area contributed by atoms with Gasteiger partial charge in [-0.05, 0) is 23.8 Å². The molecule has 1 aromatic heterocycles. The Kier molecular flexibility index (Phi) is 4.18. The summed E-state index contributed by atoms with van der Waals surface area (Å²) >= 11 is 5.90. The summed E-state index contributed by atoms with van der Waals surface area (Å²) in [4.78, 5) is 15.1. The SMILES string of the molecule is COC(=O)c1ccc(-c2ccccc2C(F)(F)F)c(Cl)n1. The van der Waals surface area contributed by atoms with Gasteiger partial charge in [0.15, 0.2) is 0 Å². The molecule has 7 heteroatoms. The van der Waals surface area contributed by atoms with E-state index in [0.717, 1.165) is 6.07 Å². The molecule has 2 rings (SSSR count). The first-order chi connectivity index (χ1) is 9.84. The van der Waals surface area contributed by atoms with Crippen LogP contribution in [-0.4, -0.2) is 18.1 Å². The van der Waals surface area contributed by atoms with Crippen molar-refractivity contribution in [2.75, 3.05) is 7.11 Å². The second-order valence-electron chi connectivity index (χ2n) is 4.07. The van der Waals surface area contributed by atoms with E-state index < -0.39 is 17.7 Å². The number of nitrogens with zero attached hydrogens (tertiary/aromatic N) is 1. The zero-order valence-corrected chi connectivity index (χ0v) is 11.5. The molecule has 0 spiro atoms. The van der Waals surface area contributed by atoms with E-state index in [-0.39, 0.29) is 22.0 Å². The maximum Gasteiger partial charge on any atom is 0.417 e. The number of benzene rings is 1. The van der Waals surface area contributed by atoms with E-state index in [1.807, 2.05) is 0 Å². The lowest BCUT2D eigenvalue weighted by Crippen LogP contribution is -2.08. The van der Waals surface area contributed by atoms with Crippen LogP contribution < -0.4 is 0 Å². The number of hydrogen-bond acceptors (Lipinski definition) is 3. The van der Waals surface area contributed by atoms with E-state index in [1.165, 1.54) is 37.4 Å². The standard InChI is InChI=1S/C14H9ClF3NO2/c1-21-13(20)11-7-6-9(12(15)19-11)8-4-2-3-5-10(8)14(16,17)18/h2-7H,1H3. The van der Waals surface area contributed by atoms with Crippen molar-refractivity contribution in [3.05, 3.63) is 52.8 Å². The third-order valence-corrected chi connectivity index (χ3v) is 3.05. The van der Waals surface area contributed by atoms with Gasteiger partial charge in [-0.3, -0.25) is 0 Å². The number of halogens is 4. The fourth-order valence-electron chi connectivity index (χ4n) is 1.82. The van der Waals surface area contributed by atoms with Gasteiger partial charge in [-0.2, -0.15) is 13.2 Å². The van der Waals surface area contributed by atoms with E-state index in [2.05, 4.69) is 9.72 Å². The second-order valence-corrected chi connectivity index (χ2v) is 4.43. The smallest absolute Gasteiger partial charge is 0.417 e. The summed E-state index contributed by atoms with van der Waals surface area (Å²) in [6.07, 6.45) is -4.51. The van der Waals surface area contributed by atoms with Gasteiger partial charge in [-0.1, -0.05) is 29.8 Å². The fraction of sp³-hybridized carbons (Fsp3) is 0.143. The molecule has 0 aliphatic carbocycles. The van der Waals surface area contributed by atoms with Crippen molar-refractivity contribution in [1.82, 2.24) is 4.98 Å². The van der Waals surface area contributed by atoms with Crippen molar-refractivity contribution < 1.29 is 22.7 Å². The maximum absolute atomic E-state index is 13.0. The predicted octanol–water partition coefficient (Wildman–Crippen LogP) is 4.21. The first-order valence-electron chi connectivity index (χ1n) is 5.76. The largest absolute Gasteiger partial charge is 0.464 e. The Morgan fingerprint density at radius 3 is 2.38 bits per heavy atom. The molecular weight excluding hydrogens is 307 g/mol. The third kappa shape index (κ3) is 3.16. The molecule has 0 amide bonds. The monoisotopic (exact) mass is 315 g/mol. The van der Waals surface area contributed by atoms with Crippen molar-refractivity contribution in [1.29, 1.82) is 0 Å². The number of aromatic nitrogens is 1.